The first-order chi connectivity index (χ1) is 13.1. The highest BCUT2D eigenvalue weighted by molar-refractivity contribution is 5.99. The van der Waals surface area contributed by atoms with Crippen LogP contribution in [0.4, 0.5) is 0 Å². The smallest absolute Gasteiger partial charge is 0.256 e. The summed E-state index contributed by atoms with van der Waals surface area (Å²) in [5.41, 5.74) is -1.63. The van der Waals surface area contributed by atoms with Crippen molar-refractivity contribution in [3.8, 4) is 0 Å². The molecule has 1 fully saturated rings. The lowest BCUT2D eigenvalue weighted by atomic mass is 9.85. The van der Waals surface area contributed by atoms with E-state index in [1.807, 2.05) is 27.7 Å². The first kappa shape index (κ1) is 22.1. The van der Waals surface area contributed by atoms with Crippen molar-refractivity contribution >= 4 is 11.8 Å². The van der Waals surface area contributed by atoms with Crippen molar-refractivity contribution in [1.29, 1.82) is 0 Å². The van der Waals surface area contributed by atoms with E-state index in [-0.39, 0.29) is 29.6 Å². The summed E-state index contributed by atoms with van der Waals surface area (Å²) < 4.78 is 1.71. The molecule has 0 atom stereocenters. The lowest BCUT2D eigenvalue weighted by Crippen LogP contribution is -2.45. The summed E-state index contributed by atoms with van der Waals surface area (Å²) in [7, 11) is 0. The van der Waals surface area contributed by atoms with Crippen molar-refractivity contribution in [1.82, 2.24) is 15.2 Å². The Morgan fingerprint density at radius 3 is 2.18 bits per heavy atom. The second kappa shape index (κ2) is 9.37. The number of carbonyl (C=O) groups is 2. The predicted molar refractivity (Wildman–Crippen MR) is 109 cm³/mol. The maximum absolute atomic E-state index is 12.8. The van der Waals surface area contributed by atoms with Crippen LogP contribution in [0.15, 0.2) is 17.2 Å². The fourth-order valence-corrected chi connectivity index (χ4v) is 3.55. The molecule has 0 radical (unpaired) electrons. The lowest BCUT2D eigenvalue weighted by molar-refractivity contribution is 0.00523. The van der Waals surface area contributed by atoms with Crippen molar-refractivity contribution in [3.63, 3.8) is 0 Å². The van der Waals surface area contributed by atoms with E-state index in [1.54, 1.807) is 4.57 Å². The number of carbonyl (C=O) groups excluding carboxylic acids is 2. The van der Waals surface area contributed by atoms with E-state index in [2.05, 4.69) is 10.6 Å². The molecule has 1 aliphatic carbocycles. The zero-order chi connectivity index (χ0) is 20.9. The van der Waals surface area contributed by atoms with Gasteiger partial charge < -0.3 is 20.3 Å². The third-order valence-corrected chi connectivity index (χ3v) is 4.93. The molecular formula is C21H33N3O4. The Bertz CT molecular complexity index is 761. The molecule has 0 aliphatic heterocycles. The molecule has 2 rings (SSSR count). The van der Waals surface area contributed by atoms with Crippen molar-refractivity contribution in [3.05, 3.63) is 33.7 Å². The SMILES string of the molecule is CC(C)Cn1cc(C(=O)NCC2(O)CCCCC2)c(=O)c(C(=O)NC(C)C)c1. The summed E-state index contributed by atoms with van der Waals surface area (Å²) in [6.45, 7) is 8.34. The predicted octanol–water partition coefficient (Wildman–Crippen LogP) is 2.07. The summed E-state index contributed by atoms with van der Waals surface area (Å²) in [5, 5.41) is 16.0. The number of hydrogen-bond acceptors (Lipinski definition) is 4. The van der Waals surface area contributed by atoms with Crippen LogP contribution in [0.3, 0.4) is 0 Å². The van der Waals surface area contributed by atoms with Crippen LogP contribution in [0.25, 0.3) is 0 Å². The van der Waals surface area contributed by atoms with E-state index in [0.29, 0.717) is 19.4 Å². The van der Waals surface area contributed by atoms with Gasteiger partial charge in [-0.15, -0.1) is 0 Å². The normalized spacial score (nSPS) is 16.2. The molecule has 156 valence electrons. The molecule has 0 bridgehead atoms. The maximum Gasteiger partial charge on any atom is 0.256 e. The van der Waals surface area contributed by atoms with Crippen molar-refractivity contribution in [2.45, 2.75) is 78.0 Å². The van der Waals surface area contributed by atoms with Crippen LogP contribution < -0.4 is 16.1 Å². The molecule has 0 aromatic carbocycles. The molecule has 1 aliphatic rings. The number of aromatic nitrogens is 1. The molecule has 2 amide bonds. The fourth-order valence-electron chi connectivity index (χ4n) is 3.55. The van der Waals surface area contributed by atoms with E-state index in [9.17, 15) is 19.5 Å². The maximum atomic E-state index is 12.8. The van der Waals surface area contributed by atoms with Crippen LogP contribution in [0.1, 0.15) is 80.5 Å². The average molecular weight is 392 g/mol. The van der Waals surface area contributed by atoms with Gasteiger partial charge in [0.25, 0.3) is 11.8 Å². The summed E-state index contributed by atoms with van der Waals surface area (Å²) in [6, 6.07) is -0.122. The van der Waals surface area contributed by atoms with Crippen LogP contribution in [-0.4, -0.2) is 39.7 Å². The van der Waals surface area contributed by atoms with Crippen molar-refractivity contribution in [2.75, 3.05) is 6.54 Å². The molecule has 0 saturated heterocycles. The van der Waals surface area contributed by atoms with Gasteiger partial charge in [-0.25, -0.2) is 0 Å². The van der Waals surface area contributed by atoms with Crippen molar-refractivity contribution in [2.24, 2.45) is 5.92 Å². The van der Waals surface area contributed by atoms with E-state index in [1.165, 1.54) is 12.4 Å². The molecule has 1 aromatic heterocycles. The Morgan fingerprint density at radius 1 is 1.07 bits per heavy atom. The Morgan fingerprint density at radius 2 is 1.64 bits per heavy atom. The fraction of sp³-hybridized carbons (Fsp3) is 0.667. The Kier molecular flexibility index (Phi) is 7.41. The van der Waals surface area contributed by atoms with Gasteiger partial charge in [0.1, 0.15) is 11.1 Å². The number of amides is 2. The highest BCUT2D eigenvalue weighted by Gasteiger charge is 2.30. The molecule has 0 spiro atoms. The average Bonchev–Trinajstić information content (AvgIpc) is 2.60. The monoisotopic (exact) mass is 391 g/mol. The van der Waals surface area contributed by atoms with Crippen LogP contribution in [0.2, 0.25) is 0 Å². The van der Waals surface area contributed by atoms with Gasteiger partial charge in [0, 0.05) is 31.5 Å². The Labute approximate surface area is 166 Å². The van der Waals surface area contributed by atoms with Crippen LogP contribution in [0, 0.1) is 5.92 Å². The first-order valence-electron chi connectivity index (χ1n) is 10.2. The minimum atomic E-state index is -0.919. The van der Waals surface area contributed by atoms with E-state index in [4.69, 9.17) is 0 Å². The second-order valence-electron chi connectivity index (χ2n) is 8.60. The zero-order valence-corrected chi connectivity index (χ0v) is 17.4. The third-order valence-electron chi connectivity index (χ3n) is 4.93. The minimum absolute atomic E-state index is 0.0432. The second-order valence-corrected chi connectivity index (χ2v) is 8.60. The van der Waals surface area contributed by atoms with Gasteiger partial charge in [0.05, 0.1) is 5.60 Å². The summed E-state index contributed by atoms with van der Waals surface area (Å²) >= 11 is 0. The van der Waals surface area contributed by atoms with Crippen LogP contribution >= 0.6 is 0 Å². The molecule has 1 aromatic rings. The van der Waals surface area contributed by atoms with E-state index < -0.39 is 22.8 Å². The zero-order valence-electron chi connectivity index (χ0n) is 17.4. The number of nitrogens with zero attached hydrogens (tertiary/aromatic N) is 1. The van der Waals surface area contributed by atoms with Gasteiger partial charge >= 0.3 is 0 Å². The highest BCUT2D eigenvalue weighted by atomic mass is 16.3. The molecule has 0 unspecified atom stereocenters. The highest BCUT2D eigenvalue weighted by Crippen LogP contribution is 2.27. The van der Waals surface area contributed by atoms with Crippen LogP contribution in [0.5, 0.6) is 0 Å². The van der Waals surface area contributed by atoms with Gasteiger partial charge in [-0.2, -0.15) is 0 Å². The van der Waals surface area contributed by atoms with Gasteiger partial charge in [0.2, 0.25) is 5.43 Å². The Hall–Kier alpha value is -2.15. The quantitative estimate of drug-likeness (QED) is 0.662. The number of rotatable bonds is 7. The Balaban J connectivity index is 2.28. The molecular weight excluding hydrogens is 358 g/mol. The first-order valence-corrected chi connectivity index (χ1v) is 10.2. The van der Waals surface area contributed by atoms with E-state index >= 15 is 0 Å². The van der Waals surface area contributed by atoms with Gasteiger partial charge in [-0.05, 0) is 32.6 Å². The standard InChI is InChI=1S/C21H33N3O4/c1-14(2)10-24-11-16(18(25)17(12-24)20(27)23-15(3)4)19(26)22-13-21(28)8-6-5-7-9-21/h11-12,14-15,28H,5-10,13H2,1-4H3,(H,22,26)(H,23,27). The summed E-state index contributed by atoms with van der Waals surface area (Å²) in [4.78, 5) is 38.0. The van der Waals surface area contributed by atoms with Gasteiger partial charge in [-0.3, -0.25) is 14.4 Å². The molecule has 7 nitrogen and oxygen atoms in total. The summed E-state index contributed by atoms with van der Waals surface area (Å²) in [5.74, 6) is -0.763. The summed E-state index contributed by atoms with van der Waals surface area (Å²) in [6.07, 6.45) is 7.23. The molecule has 3 N–H and O–H groups in total. The molecule has 7 heteroatoms. The minimum Gasteiger partial charge on any atom is -0.388 e. The van der Waals surface area contributed by atoms with E-state index in [0.717, 1.165) is 19.3 Å². The number of pyridine rings is 1. The van der Waals surface area contributed by atoms with Crippen LogP contribution in [-0.2, 0) is 6.54 Å². The van der Waals surface area contributed by atoms with Gasteiger partial charge in [-0.1, -0.05) is 33.1 Å². The third kappa shape index (κ3) is 5.92. The molecule has 1 saturated carbocycles. The number of aliphatic hydroxyl groups is 1. The largest absolute Gasteiger partial charge is 0.388 e. The molecule has 28 heavy (non-hydrogen) atoms. The van der Waals surface area contributed by atoms with Crippen molar-refractivity contribution < 1.29 is 14.7 Å². The number of hydrogen-bond donors (Lipinski definition) is 3. The lowest BCUT2D eigenvalue weighted by Gasteiger charge is -2.32. The topological polar surface area (TPSA) is 100 Å². The number of nitrogens with one attached hydrogen (secondary N) is 2. The molecule has 1 heterocycles. The van der Waals surface area contributed by atoms with Gasteiger partial charge in [0.15, 0.2) is 0 Å².